The van der Waals surface area contributed by atoms with Gasteiger partial charge in [-0.25, -0.2) is 0 Å². The SMILES string of the molecule is O=C1CCC(N2Cc3c(SCCCCCCCCN4CCNCC4)cccc3C2=O)C(=O)N1. The van der Waals surface area contributed by atoms with Crippen molar-refractivity contribution in [1.29, 1.82) is 0 Å². The number of imide groups is 1. The highest BCUT2D eigenvalue weighted by atomic mass is 32.2. The Hall–Kier alpha value is -1.90. The molecule has 1 aromatic rings. The summed E-state index contributed by atoms with van der Waals surface area (Å²) in [5, 5.41) is 5.77. The van der Waals surface area contributed by atoms with Gasteiger partial charge in [-0.2, -0.15) is 0 Å². The van der Waals surface area contributed by atoms with Crippen molar-refractivity contribution in [3.63, 3.8) is 0 Å². The van der Waals surface area contributed by atoms with E-state index in [1.54, 1.807) is 4.90 Å². The third kappa shape index (κ3) is 6.37. The van der Waals surface area contributed by atoms with Gasteiger partial charge in [-0.3, -0.25) is 19.7 Å². The van der Waals surface area contributed by atoms with Crippen LogP contribution in [0.4, 0.5) is 0 Å². The van der Waals surface area contributed by atoms with Crippen LogP contribution in [-0.2, 0) is 16.1 Å². The van der Waals surface area contributed by atoms with Gasteiger partial charge in [0.1, 0.15) is 6.04 Å². The Balaban J connectivity index is 1.16. The molecule has 3 aliphatic heterocycles. The molecule has 2 fully saturated rings. The molecule has 2 N–H and O–H groups in total. The molecule has 2 saturated heterocycles. The molecule has 0 bridgehead atoms. The second-order valence-corrected chi connectivity index (χ2v) is 10.4. The second-order valence-electron chi connectivity index (χ2n) is 9.24. The number of carbonyl (C=O) groups is 3. The van der Waals surface area contributed by atoms with Crippen molar-refractivity contribution < 1.29 is 14.4 Å². The summed E-state index contributed by atoms with van der Waals surface area (Å²) in [4.78, 5) is 42.0. The van der Waals surface area contributed by atoms with Gasteiger partial charge in [0.15, 0.2) is 0 Å². The lowest BCUT2D eigenvalue weighted by atomic mass is 10.0. The van der Waals surface area contributed by atoms with Crippen molar-refractivity contribution >= 4 is 29.5 Å². The van der Waals surface area contributed by atoms with Crippen LogP contribution in [0.2, 0.25) is 0 Å². The predicted octanol–water partition coefficient (Wildman–Crippen LogP) is 2.79. The molecule has 0 saturated carbocycles. The third-order valence-corrected chi connectivity index (χ3v) is 8.06. The maximum atomic E-state index is 12.9. The monoisotopic (exact) mass is 472 g/mol. The van der Waals surface area contributed by atoms with Crippen LogP contribution in [0.3, 0.4) is 0 Å². The highest BCUT2D eigenvalue weighted by Gasteiger charge is 2.39. The molecule has 7 nitrogen and oxygen atoms in total. The van der Waals surface area contributed by atoms with E-state index in [2.05, 4.69) is 21.6 Å². The summed E-state index contributed by atoms with van der Waals surface area (Å²) >= 11 is 1.82. The first-order valence-corrected chi connectivity index (χ1v) is 13.4. The maximum absolute atomic E-state index is 12.9. The summed E-state index contributed by atoms with van der Waals surface area (Å²) in [5.74, 6) is 0.345. The highest BCUT2D eigenvalue weighted by Crippen LogP contribution is 2.34. The predicted molar refractivity (Wildman–Crippen MR) is 130 cm³/mol. The van der Waals surface area contributed by atoms with Gasteiger partial charge >= 0.3 is 0 Å². The molecule has 3 amide bonds. The molecule has 3 heterocycles. The highest BCUT2D eigenvalue weighted by molar-refractivity contribution is 7.99. The van der Waals surface area contributed by atoms with Crippen LogP contribution in [0.15, 0.2) is 23.1 Å². The van der Waals surface area contributed by atoms with Crippen LogP contribution in [0, 0.1) is 0 Å². The number of rotatable bonds is 11. The van der Waals surface area contributed by atoms with E-state index < -0.39 is 6.04 Å². The standard InChI is InChI=1S/C25H36N4O3S/c30-23-11-10-21(24(31)27-23)29-18-20-19(25(29)32)8-7-9-22(20)33-17-6-4-2-1-3-5-14-28-15-12-26-13-16-28/h7-9,21,26H,1-6,10-18H2,(H,27,30,31). The fourth-order valence-electron chi connectivity index (χ4n) is 4.95. The Bertz CT molecular complexity index is 856. The van der Waals surface area contributed by atoms with Gasteiger partial charge in [-0.1, -0.05) is 31.7 Å². The van der Waals surface area contributed by atoms with Crippen molar-refractivity contribution in [3.05, 3.63) is 29.3 Å². The molecule has 33 heavy (non-hydrogen) atoms. The minimum absolute atomic E-state index is 0.0947. The van der Waals surface area contributed by atoms with Crippen LogP contribution >= 0.6 is 11.8 Å². The molecule has 4 rings (SSSR count). The molecule has 3 aliphatic rings. The van der Waals surface area contributed by atoms with Crippen molar-refractivity contribution in [2.75, 3.05) is 38.5 Å². The van der Waals surface area contributed by atoms with E-state index in [-0.39, 0.29) is 24.1 Å². The van der Waals surface area contributed by atoms with Crippen LogP contribution in [0.5, 0.6) is 0 Å². The summed E-state index contributed by atoms with van der Waals surface area (Å²) in [5.41, 5.74) is 1.74. The Morgan fingerprint density at radius 1 is 0.970 bits per heavy atom. The lowest BCUT2D eigenvalue weighted by molar-refractivity contribution is -0.136. The minimum atomic E-state index is -0.549. The Morgan fingerprint density at radius 2 is 1.73 bits per heavy atom. The summed E-state index contributed by atoms with van der Waals surface area (Å²) < 4.78 is 0. The van der Waals surface area contributed by atoms with Gasteiger partial charge < -0.3 is 15.1 Å². The molecule has 1 atom stereocenters. The summed E-state index contributed by atoms with van der Waals surface area (Å²) in [6, 6.07) is 5.33. The van der Waals surface area contributed by atoms with Crippen LogP contribution in [-0.4, -0.2) is 72.0 Å². The number of hydrogen-bond acceptors (Lipinski definition) is 6. The number of piperidine rings is 1. The number of nitrogens with one attached hydrogen (secondary N) is 2. The van der Waals surface area contributed by atoms with Crippen molar-refractivity contribution in [2.45, 2.75) is 68.8 Å². The second kappa shape index (κ2) is 12.0. The van der Waals surface area contributed by atoms with Gasteiger partial charge in [0.05, 0.1) is 0 Å². The van der Waals surface area contributed by atoms with E-state index in [1.807, 2.05) is 23.9 Å². The Kier molecular flexibility index (Phi) is 8.81. The van der Waals surface area contributed by atoms with E-state index in [0.29, 0.717) is 18.5 Å². The van der Waals surface area contributed by atoms with Crippen molar-refractivity contribution in [2.24, 2.45) is 0 Å². The fraction of sp³-hybridized carbons (Fsp3) is 0.640. The summed E-state index contributed by atoms with van der Waals surface area (Å²) in [6.07, 6.45) is 8.35. The largest absolute Gasteiger partial charge is 0.322 e. The zero-order valence-corrected chi connectivity index (χ0v) is 20.3. The van der Waals surface area contributed by atoms with Crippen LogP contribution < -0.4 is 10.6 Å². The van der Waals surface area contributed by atoms with Gasteiger partial charge in [0.2, 0.25) is 11.8 Å². The third-order valence-electron chi connectivity index (χ3n) is 6.87. The van der Waals surface area contributed by atoms with E-state index in [0.717, 1.165) is 29.3 Å². The summed E-state index contributed by atoms with van der Waals surface area (Å²) in [7, 11) is 0. The molecular weight excluding hydrogens is 436 g/mol. The average Bonchev–Trinajstić information content (AvgIpc) is 3.15. The molecule has 0 aromatic heterocycles. The topological polar surface area (TPSA) is 81.8 Å². The molecule has 1 unspecified atom stereocenters. The molecule has 180 valence electrons. The molecular formula is C25H36N4O3S. The number of hydrogen-bond donors (Lipinski definition) is 2. The number of piperazine rings is 1. The van der Waals surface area contributed by atoms with E-state index >= 15 is 0 Å². The first-order chi connectivity index (χ1) is 16.1. The lowest BCUT2D eigenvalue weighted by Crippen LogP contribution is -2.52. The van der Waals surface area contributed by atoms with E-state index in [9.17, 15) is 14.4 Å². The smallest absolute Gasteiger partial charge is 0.255 e. The molecule has 0 radical (unpaired) electrons. The fourth-order valence-corrected chi connectivity index (χ4v) is 6.05. The molecule has 0 spiro atoms. The Labute approximate surface area is 201 Å². The van der Waals surface area contributed by atoms with Crippen molar-refractivity contribution in [3.8, 4) is 0 Å². The first kappa shape index (κ1) is 24.2. The first-order valence-electron chi connectivity index (χ1n) is 12.5. The van der Waals surface area contributed by atoms with Gasteiger partial charge in [0, 0.05) is 49.6 Å². The number of unbranched alkanes of at least 4 members (excludes halogenated alkanes) is 5. The normalized spacial score (nSPS) is 21.4. The zero-order valence-electron chi connectivity index (χ0n) is 19.4. The van der Waals surface area contributed by atoms with E-state index in [1.165, 1.54) is 58.2 Å². The molecule has 8 heteroatoms. The number of amides is 3. The number of benzene rings is 1. The van der Waals surface area contributed by atoms with E-state index in [4.69, 9.17) is 0 Å². The molecule has 1 aromatic carbocycles. The van der Waals surface area contributed by atoms with Crippen LogP contribution in [0.25, 0.3) is 0 Å². The zero-order chi connectivity index (χ0) is 23.0. The van der Waals surface area contributed by atoms with Crippen LogP contribution in [0.1, 0.15) is 67.3 Å². The van der Waals surface area contributed by atoms with Gasteiger partial charge in [-0.05, 0) is 49.3 Å². The van der Waals surface area contributed by atoms with Gasteiger partial charge in [0.25, 0.3) is 5.91 Å². The summed E-state index contributed by atoms with van der Waals surface area (Å²) in [6.45, 7) is 6.34. The number of fused-ring (bicyclic) bond motifs is 1. The number of carbonyl (C=O) groups excluding carboxylic acids is 3. The number of thioether (sulfide) groups is 1. The number of nitrogens with zero attached hydrogens (tertiary/aromatic N) is 2. The molecule has 0 aliphatic carbocycles. The van der Waals surface area contributed by atoms with Crippen molar-refractivity contribution in [1.82, 2.24) is 20.4 Å². The quantitative estimate of drug-likeness (QED) is 0.293. The average molecular weight is 473 g/mol. The Morgan fingerprint density at radius 3 is 2.52 bits per heavy atom. The van der Waals surface area contributed by atoms with Gasteiger partial charge in [-0.15, -0.1) is 11.8 Å². The maximum Gasteiger partial charge on any atom is 0.255 e. The minimum Gasteiger partial charge on any atom is -0.322 e. The lowest BCUT2D eigenvalue weighted by Gasteiger charge is -2.29.